The van der Waals surface area contributed by atoms with Crippen molar-refractivity contribution in [2.24, 2.45) is 11.7 Å². The lowest BCUT2D eigenvalue weighted by Gasteiger charge is -2.31. The Hall–Kier alpha value is -0.810. The molecule has 1 nitrogen and oxygen atoms in total. The highest BCUT2D eigenvalue weighted by Gasteiger charge is 2.33. The minimum absolute atomic E-state index is 0. The molecule has 1 aliphatic rings. The van der Waals surface area contributed by atoms with E-state index in [2.05, 4.69) is 0 Å². The highest BCUT2D eigenvalue weighted by Crippen LogP contribution is 2.38. The molecule has 0 unspecified atom stereocenters. The van der Waals surface area contributed by atoms with E-state index < -0.39 is 23.6 Å². The summed E-state index contributed by atoms with van der Waals surface area (Å²) in [5, 5.41) is 0. The van der Waals surface area contributed by atoms with Gasteiger partial charge in [-0.1, -0.05) is 12.5 Å². The zero-order valence-corrected chi connectivity index (χ0v) is 10.3. The lowest BCUT2D eigenvalue weighted by atomic mass is 9.77. The zero-order valence-electron chi connectivity index (χ0n) is 9.51. The summed E-state index contributed by atoms with van der Waals surface area (Å²) < 4.78 is 50.6. The quantitative estimate of drug-likeness (QED) is 0.814. The van der Waals surface area contributed by atoms with Gasteiger partial charge in [-0.2, -0.15) is 13.2 Å². The fraction of sp³-hybridized carbons (Fsp3) is 0.500. The topological polar surface area (TPSA) is 26.0 Å². The highest BCUT2D eigenvalue weighted by molar-refractivity contribution is 5.85. The van der Waals surface area contributed by atoms with E-state index in [1.54, 1.807) is 0 Å². The fourth-order valence-electron chi connectivity index (χ4n) is 2.03. The van der Waals surface area contributed by atoms with Crippen molar-refractivity contribution in [2.45, 2.75) is 31.5 Å². The number of hydrogen-bond donors (Lipinski definition) is 1. The van der Waals surface area contributed by atoms with E-state index in [1.807, 2.05) is 0 Å². The number of nitrogens with two attached hydrogens (primary N) is 1. The second-order valence-corrected chi connectivity index (χ2v) is 4.45. The van der Waals surface area contributed by atoms with E-state index in [0.29, 0.717) is 6.07 Å². The van der Waals surface area contributed by atoms with Crippen molar-refractivity contribution in [1.29, 1.82) is 0 Å². The van der Waals surface area contributed by atoms with Crippen molar-refractivity contribution in [3.63, 3.8) is 0 Å². The molecule has 0 heterocycles. The Labute approximate surface area is 109 Å². The molecule has 1 fully saturated rings. The Kier molecular flexibility index (Phi) is 4.61. The molecular weight excluding hydrogens is 270 g/mol. The predicted octanol–water partition coefficient (Wildman–Crippen LogP) is 4.07. The number of alkyl halides is 3. The summed E-state index contributed by atoms with van der Waals surface area (Å²) in [6.07, 6.45) is -1.62. The Morgan fingerprint density at radius 2 is 1.83 bits per heavy atom. The van der Waals surface area contributed by atoms with Crippen molar-refractivity contribution >= 4 is 12.4 Å². The highest BCUT2D eigenvalue weighted by atomic mass is 35.5. The molecule has 18 heavy (non-hydrogen) atoms. The van der Waals surface area contributed by atoms with Gasteiger partial charge < -0.3 is 5.73 Å². The van der Waals surface area contributed by atoms with Gasteiger partial charge in [0, 0.05) is 11.6 Å². The maximum Gasteiger partial charge on any atom is 0.416 e. The molecule has 1 aromatic carbocycles. The summed E-state index contributed by atoms with van der Waals surface area (Å²) in [6.45, 7) is 0. The van der Waals surface area contributed by atoms with Crippen LogP contribution in [0.3, 0.4) is 0 Å². The summed E-state index contributed by atoms with van der Waals surface area (Å²) >= 11 is 0. The van der Waals surface area contributed by atoms with Gasteiger partial charge in [0.1, 0.15) is 5.82 Å². The summed E-state index contributed by atoms with van der Waals surface area (Å²) in [7, 11) is 0. The molecule has 0 bridgehead atoms. The SMILES string of the molecule is Cl.N[C@@H](c1ccc(C(F)(F)F)cc1F)C1CCC1. The van der Waals surface area contributed by atoms with Gasteiger partial charge in [0.05, 0.1) is 5.56 Å². The first-order valence-electron chi connectivity index (χ1n) is 5.52. The van der Waals surface area contributed by atoms with Crippen molar-refractivity contribution < 1.29 is 17.6 Å². The van der Waals surface area contributed by atoms with Crippen molar-refractivity contribution in [2.75, 3.05) is 0 Å². The Morgan fingerprint density at radius 3 is 2.22 bits per heavy atom. The maximum atomic E-state index is 13.6. The minimum atomic E-state index is -4.51. The van der Waals surface area contributed by atoms with Crippen LogP contribution < -0.4 is 5.73 Å². The molecule has 0 amide bonds. The van der Waals surface area contributed by atoms with Crippen molar-refractivity contribution in [3.8, 4) is 0 Å². The van der Waals surface area contributed by atoms with Crippen molar-refractivity contribution in [3.05, 3.63) is 35.1 Å². The first kappa shape index (κ1) is 15.2. The number of rotatable bonds is 2. The average molecular weight is 284 g/mol. The van der Waals surface area contributed by atoms with Crippen LogP contribution in [0.2, 0.25) is 0 Å². The molecule has 1 aliphatic carbocycles. The third kappa shape index (κ3) is 2.95. The predicted molar refractivity (Wildman–Crippen MR) is 62.9 cm³/mol. The van der Waals surface area contributed by atoms with Crippen LogP contribution in [0.1, 0.15) is 36.4 Å². The van der Waals surface area contributed by atoms with E-state index in [0.717, 1.165) is 31.4 Å². The average Bonchev–Trinajstić information content (AvgIpc) is 2.12. The third-order valence-corrected chi connectivity index (χ3v) is 3.34. The van der Waals surface area contributed by atoms with E-state index >= 15 is 0 Å². The first-order chi connectivity index (χ1) is 7.89. The lowest BCUT2D eigenvalue weighted by molar-refractivity contribution is -0.137. The van der Waals surface area contributed by atoms with Crippen LogP contribution >= 0.6 is 12.4 Å². The zero-order chi connectivity index (χ0) is 12.6. The molecule has 1 atom stereocenters. The molecule has 1 saturated carbocycles. The monoisotopic (exact) mass is 283 g/mol. The second-order valence-electron chi connectivity index (χ2n) is 4.45. The summed E-state index contributed by atoms with van der Waals surface area (Å²) in [6, 6.07) is 2.07. The van der Waals surface area contributed by atoms with Gasteiger partial charge in [-0.3, -0.25) is 0 Å². The second kappa shape index (κ2) is 5.45. The summed E-state index contributed by atoms with van der Waals surface area (Å²) in [5.41, 5.74) is 5.05. The molecule has 6 heteroatoms. The van der Waals surface area contributed by atoms with Crippen LogP contribution in [-0.4, -0.2) is 0 Å². The number of halogens is 5. The first-order valence-corrected chi connectivity index (χ1v) is 5.52. The van der Waals surface area contributed by atoms with Gasteiger partial charge in [-0.25, -0.2) is 4.39 Å². The smallest absolute Gasteiger partial charge is 0.324 e. The molecule has 0 spiro atoms. The Bertz CT molecular complexity index is 415. The van der Waals surface area contributed by atoms with Crippen LogP contribution in [0.5, 0.6) is 0 Å². The summed E-state index contributed by atoms with van der Waals surface area (Å²) in [5.74, 6) is -0.666. The van der Waals surface area contributed by atoms with Crippen LogP contribution in [0, 0.1) is 11.7 Å². The summed E-state index contributed by atoms with van der Waals surface area (Å²) in [4.78, 5) is 0. The molecule has 0 saturated heterocycles. The fourth-order valence-corrected chi connectivity index (χ4v) is 2.03. The molecule has 102 valence electrons. The molecule has 1 aromatic rings. The number of benzene rings is 1. The molecule has 2 N–H and O–H groups in total. The van der Waals surface area contributed by atoms with Crippen LogP contribution in [-0.2, 0) is 6.18 Å². The number of hydrogen-bond acceptors (Lipinski definition) is 1. The van der Waals surface area contributed by atoms with Crippen molar-refractivity contribution in [1.82, 2.24) is 0 Å². The Balaban J connectivity index is 0.00000162. The third-order valence-electron chi connectivity index (χ3n) is 3.34. The van der Waals surface area contributed by atoms with E-state index in [1.165, 1.54) is 0 Å². The largest absolute Gasteiger partial charge is 0.416 e. The standard InChI is InChI=1S/C12H13F4N.ClH/c13-10-6-8(12(14,15)16)4-5-9(10)11(17)7-2-1-3-7;/h4-7,11H,1-3,17H2;1H/t11-;/m1./s1. The lowest BCUT2D eigenvalue weighted by Crippen LogP contribution is -2.27. The molecule has 2 rings (SSSR count). The van der Waals surface area contributed by atoms with Gasteiger partial charge in [-0.15, -0.1) is 12.4 Å². The van der Waals surface area contributed by atoms with Crippen LogP contribution in [0.4, 0.5) is 17.6 Å². The van der Waals surface area contributed by atoms with Gasteiger partial charge in [0.15, 0.2) is 0 Å². The maximum absolute atomic E-state index is 13.6. The van der Waals surface area contributed by atoms with Gasteiger partial charge in [-0.05, 0) is 30.9 Å². The molecule has 0 aliphatic heterocycles. The normalized spacial score (nSPS) is 17.8. The van der Waals surface area contributed by atoms with E-state index in [9.17, 15) is 17.6 Å². The van der Waals surface area contributed by atoms with Gasteiger partial charge in [0.2, 0.25) is 0 Å². The van der Waals surface area contributed by atoms with E-state index in [-0.39, 0.29) is 23.9 Å². The van der Waals surface area contributed by atoms with Gasteiger partial charge >= 0.3 is 6.18 Å². The van der Waals surface area contributed by atoms with E-state index in [4.69, 9.17) is 5.73 Å². The molecular formula is C12H14ClF4N. The molecule has 0 radical (unpaired) electrons. The molecule has 0 aromatic heterocycles. The van der Waals surface area contributed by atoms with Gasteiger partial charge in [0.25, 0.3) is 0 Å². The van der Waals surface area contributed by atoms with Crippen LogP contribution in [0.15, 0.2) is 18.2 Å². The minimum Gasteiger partial charge on any atom is -0.324 e. The Morgan fingerprint density at radius 1 is 1.22 bits per heavy atom. The van der Waals surface area contributed by atoms with Crippen LogP contribution in [0.25, 0.3) is 0 Å².